The first kappa shape index (κ1) is 13.9. The molecule has 0 radical (unpaired) electrons. The van der Waals surface area contributed by atoms with Crippen LogP contribution < -0.4 is 0 Å². The molecule has 0 aromatic heterocycles. The summed E-state index contributed by atoms with van der Waals surface area (Å²) in [7, 11) is 0. The maximum absolute atomic E-state index is 8.99. The van der Waals surface area contributed by atoms with Crippen molar-refractivity contribution in [1.82, 2.24) is 0 Å². The average molecular weight is 202 g/mol. The highest BCUT2D eigenvalue weighted by Gasteiger charge is 2.03. The molecule has 0 heterocycles. The average Bonchev–Trinajstić information content (AvgIpc) is 2.12. The van der Waals surface area contributed by atoms with Gasteiger partial charge in [0.1, 0.15) is 0 Å². The van der Waals surface area contributed by atoms with Gasteiger partial charge in [0, 0.05) is 6.61 Å². The van der Waals surface area contributed by atoms with E-state index in [4.69, 9.17) is 9.84 Å². The smallest absolute Gasteiger partial charge is 0.0745 e. The second-order valence-corrected chi connectivity index (χ2v) is 4.34. The molecule has 2 atom stereocenters. The number of aliphatic hydroxyl groups is 1. The standard InChI is InChI=1S/C12H26O2/c1-4-5-6-7-8-11(2)9-14-10-12(3)13/h11-13H,4-10H2,1-3H3. The molecule has 0 bridgehead atoms. The Labute approximate surface area is 88.7 Å². The molecular formula is C12H26O2. The van der Waals surface area contributed by atoms with E-state index in [0.717, 1.165) is 6.61 Å². The number of hydrogen-bond acceptors (Lipinski definition) is 2. The second kappa shape index (κ2) is 9.47. The van der Waals surface area contributed by atoms with E-state index in [1.807, 2.05) is 0 Å². The van der Waals surface area contributed by atoms with Crippen LogP contribution in [0.2, 0.25) is 0 Å². The molecule has 86 valence electrons. The monoisotopic (exact) mass is 202 g/mol. The van der Waals surface area contributed by atoms with Crippen LogP contribution in [-0.2, 0) is 4.74 Å². The first-order chi connectivity index (χ1) is 6.66. The van der Waals surface area contributed by atoms with E-state index < -0.39 is 0 Å². The van der Waals surface area contributed by atoms with Gasteiger partial charge >= 0.3 is 0 Å². The number of ether oxygens (including phenoxy) is 1. The van der Waals surface area contributed by atoms with Crippen LogP contribution in [0.3, 0.4) is 0 Å². The molecule has 0 rings (SSSR count). The fraction of sp³-hybridized carbons (Fsp3) is 1.00. The summed E-state index contributed by atoms with van der Waals surface area (Å²) >= 11 is 0. The number of hydrogen-bond donors (Lipinski definition) is 1. The predicted octanol–water partition coefficient (Wildman–Crippen LogP) is 2.99. The molecule has 1 N–H and O–H groups in total. The lowest BCUT2D eigenvalue weighted by molar-refractivity contribution is 0.0303. The van der Waals surface area contributed by atoms with Crippen LogP contribution in [-0.4, -0.2) is 24.4 Å². The predicted molar refractivity (Wildman–Crippen MR) is 60.4 cm³/mol. The SMILES string of the molecule is CCCCCCC(C)COCC(C)O. The van der Waals surface area contributed by atoms with Crippen LogP contribution in [0.1, 0.15) is 52.9 Å². The van der Waals surface area contributed by atoms with E-state index in [1.54, 1.807) is 6.92 Å². The zero-order chi connectivity index (χ0) is 10.8. The van der Waals surface area contributed by atoms with Crippen molar-refractivity contribution in [2.75, 3.05) is 13.2 Å². The van der Waals surface area contributed by atoms with Gasteiger partial charge in [-0.3, -0.25) is 0 Å². The lowest BCUT2D eigenvalue weighted by Gasteiger charge is -2.12. The van der Waals surface area contributed by atoms with Gasteiger partial charge in [-0.2, -0.15) is 0 Å². The largest absolute Gasteiger partial charge is 0.391 e. The summed E-state index contributed by atoms with van der Waals surface area (Å²) in [5.41, 5.74) is 0. The zero-order valence-corrected chi connectivity index (χ0v) is 9.96. The first-order valence-electron chi connectivity index (χ1n) is 5.92. The minimum absolute atomic E-state index is 0.331. The van der Waals surface area contributed by atoms with Gasteiger partial charge in [0.05, 0.1) is 12.7 Å². The Bertz CT molecular complexity index is 113. The summed E-state index contributed by atoms with van der Waals surface area (Å²) in [4.78, 5) is 0. The van der Waals surface area contributed by atoms with Crippen LogP contribution in [0.25, 0.3) is 0 Å². The second-order valence-electron chi connectivity index (χ2n) is 4.34. The topological polar surface area (TPSA) is 29.5 Å². The van der Waals surface area contributed by atoms with Gasteiger partial charge in [0.25, 0.3) is 0 Å². The minimum atomic E-state index is -0.331. The highest BCUT2D eigenvalue weighted by atomic mass is 16.5. The number of aliphatic hydroxyl groups excluding tert-OH is 1. The normalized spacial score (nSPS) is 15.4. The molecular weight excluding hydrogens is 176 g/mol. The van der Waals surface area contributed by atoms with Crippen LogP contribution in [0.15, 0.2) is 0 Å². The summed E-state index contributed by atoms with van der Waals surface area (Å²) in [6.07, 6.45) is 6.22. The van der Waals surface area contributed by atoms with Gasteiger partial charge in [-0.15, -0.1) is 0 Å². The fourth-order valence-corrected chi connectivity index (χ4v) is 1.44. The first-order valence-corrected chi connectivity index (χ1v) is 5.92. The quantitative estimate of drug-likeness (QED) is 0.582. The number of rotatable bonds is 9. The van der Waals surface area contributed by atoms with Crippen molar-refractivity contribution in [3.63, 3.8) is 0 Å². The van der Waals surface area contributed by atoms with E-state index in [-0.39, 0.29) is 6.10 Å². The lowest BCUT2D eigenvalue weighted by atomic mass is 10.0. The Morgan fingerprint density at radius 1 is 1.07 bits per heavy atom. The van der Waals surface area contributed by atoms with Crippen LogP contribution in [0.4, 0.5) is 0 Å². The molecule has 0 aliphatic rings. The molecule has 2 unspecified atom stereocenters. The van der Waals surface area contributed by atoms with Crippen LogP contribution >= 0.6 is 0 Å². The van der Waals surface area contributed by atoms with Crippen molar-refractivity contribution < 1.29 is 9.84 Å². The molecule has 0 saturated heterocycles. The summed E-state index contributed by atoms with van der Waals surface area (Å²) in [5, 5.41) is 8.99. The van der Waals surface area contributed by atoms with E-state index in [9.17, 15) is 0 Å². The molecule has 0 saturated carbocycles. The van der Waals surface area contributed by atoms with E-state index in [1.165, 1.54) is 32.1 Å². The Kier molecular flexibility index (Phi) is 9.42. The van der Waals surface area contributed by atoms with Gasteiger partial charge in [0.15, 0.2) is 0 Å². The van der Waals surface area contributed by atoms with Crippen molar-refractivity contribution in [2.24, 2.45) is 5.92 Å². The number of unbranched alkanes of at least 4 members (excludes halogenated alkanes) is 3. The van der Waals surface area contributed by atoms with Crippen LogP contribution in [0, 0.1) is 5.92 Å². The molecule has 2 nitrogen and oxygen atoms in total. The molecule has 0 amide bonds. The Morgan fingerprint density at radius 3 is 2.36 bits per heavy atom. The Morgan fingerprint density at radius 2 is 1.79 bits per heavy atom. The maximum atomic E-state index is 8.99. The summed E-state index contributed by atoms with van der Waals surface area (Å²) in [5.74, 6) is 0.630. The van der Waals surface area contributed by atoms with Crippen molar-refractivity contribution >= 4 is 0 Å². The van der Waals surface area contributed by atoms with Gasteiger partial charge in [-0.05, 0) is 19.3 Å². The molecule has 0 aliphatic heterocycles. The molecule has 2 heteroatoms. The van der Waals surface area contributed by atoms with E-state index >= 15 is 0 Å². The molecule has 0 aromatic carbocycles. The molecule has 0 fully saturated rings. The third-order valence-electron chi connectivity index (χ3n) is 2.31. The fourth-order valence-electron chi connectivity index (χ4n) is 1.44. The Hall–Kier alpha value is -0.0800. The van der Waals surface area contributed by atoms with Crippen molar-refractivity contribution in [3.8, 4) is 0 Å². The third kappa shape index (κ3) is 10.0. The van der Waals surface area contributed by atoms with Crippen LogP contribution in [0.5, 0.6) is 0 Å². The summed E-state index contributed by atoms with van der Waals surface area (Å²) in [6.45, 7) is 7.46. The lowest BCUT2D eigenvalue weighted by Crippen LogP contribution is -2.14. The summed E-state index contributed by atoms with van der Waals surface area (Å²) < 4.78 is 5.36. The van der Waals surface area contributed by atoms with Crippen molar-refractivity contribution in [3.05, 3.63) is 0 Å². The molecule has 14 heavy (non-hydrogen) atoms. The third-order valence-corrected chi connectivity index (χ3v) is 2.31. The van der Waals surface area contributed by atoms with E-state index in [2.05, 4.69) is 13.8 Å². The van der Waals surface area contributed by atoms with Gasteiger partial charge in [-0.25, -0.2) is 0 Å². The zero-order valence-electron chi connectivity index (χ0n) is 9.96. The highest BCUT2D eigenvalue weighted by Crippen LogP contribution is 2.10. The maximum Gasteiger partial charge on any atom is 0.0745 e. The van der Waals surface area contributed by atoms with Crippen molar-refractivity contribution in [2.45, 2.75) is 59.0 Å². The minimum Gasteiger partial charge on any atom is -0.391 e. The highest BCUT2D eigenvalue weighted by molar-refractivity contribution is 4.53. The van der Waals surface area contributed by atoms with Gasteiger partial charge in [0.2, 0.25) is 0 Å². The molecule has 0 spiro atoms. The molecule has 0 aliphatic carbocycles. The van der Waals surface area contributed by atoms with Gasteiger partial charge < -0.3 is 9.84 Å². The van der Waals surface area contributed by atoms with Gasteiger partial charge in [-0.1, -0.05) is 39.5 Å². The van der Waals surface area contributed by atoms with E-state index in [0.29, 0.717) is 12.5 Å². The van der Waals surface area contributed by atoms with Crippen molar-refractivity contribution in [1.29, 1.82) is 0 Å². The Balaban J connectivity index is 3.15. The summed E-state index contributed by atoms with van der Waals surface area (Å²) in [6, 6.07) is 0. The molecule has 0 aromatic rings.